The van der Waals surface area contributed by atoms with E-state index in [0.717, 1.165) is 82.6 Å². The highest BCUT2D eigenvalue weighted by Crippen LogP contribution is 2.30. The zero-order valence-corrected chi connectivity index (χ0v) is 36.3. The number of hydrogen-bond donors (Lipinski definition) is 0. The lowest BCUT2D eigenvalue weighted by atomic mass is 9.81. The molecule has 0 fully saturated rings. The molecule has 1 aliphatic rings. The summed E-state index contributed by atoms with van der Waals surface area (Å²) in [4.78, 5) is 26.2. The summed E-state index contributed by atoms with van der Waals surface area (Å²) in [6.45, 7) is 23.8. The number of allylic oxidation sites excluding steroid dienone is 18. The van der Waals surface area contributed by atoms with Gasteiger partial charge < -0.3 is 0 Å². The third-order valence-electron chi connectivity index (χ3n) is 10.7. The first-order valence-electron chi connectivity index (χ1n) is 20.8. The summed E-state index contributed by atoms with van der Waals surface area (Å²) in [5, 5.41) is 0. The van der Waals surface area contributed by atoms with Gasteiger partial charge in [0.25, 0.3) is 0 Å². The minimum Gasteiger partial charge on any atom is -0.289 e. The molecule has 1 aromatic rings. The van der Waals surface area contributed by atoms with Crippen LogP contribution in [0.5, 0.6) is 0 Å². The molecule has 0 amide bonds. The van der Waals surface area contributed by atoms with Crippen molar-refractivity contribution in [1.82, 2.24) is 0 Å². The molecule has 2 heteroatoms. The maximum Gasteiger partial charge on any atom is 0.190 e. The van der Waals surface area contributed by atoms with E-state index in [1.807, 2.05) is 19.1 Å². The number of carbonyl (C=O) groups excluding carboxylic acids is 2. The Balaban J connectivity index is 1.64. The minimum atomic E-state index is -0.00677. The third-order valence-corrected chi connectivity index (χ3v) is 10.7. The molecule has 294 valence electrons. The van der Waals surface area contributed by atoms with E-state index < -0.39 is 0 Å². The van der Waals surface area contributed by atoms with Gasteiger partial charge in [-0.1, -0.05) is 111 Å². The van der Waals surface area contributed by atoms with Crippen molar-refractivity contribution in [2.75, 3.05) is 0 Å². The van der Waals surface area contributed by atoms with E-state index in [2.05, 4.69) is 111 Å². The Labute approximate surface area is 331 Å². The maximum atomic E-state index is 13.2. The van der Waals surface area contributed by atoms with Crippen molar-refractivity contribution in [3.63, 3.8) is 0 Å². The number of rotatable bonds is 23. The van der Waals surface area contributed by atoms with E-state index in [4.69, 9.17) is 0 Å². The van der Waals surface area contributed by atoms with Gasteiger partial charge in [-0.15, -0.1) is 0 Å². The molecule has 1 aromatic carbocycles. The first-order chi connectivity index (χ1) is 25.7. The molecule has 0 bridgehead atoms. The summed E-state index contributed by atoms with van der Waals surface area (Å²) in [6, 6.07) is 5.55. The molecular weight excluding hydrogens is 657 g/mol. The Bertz CT molecular complexity index is 1700. The van der Waals surface area contributed by atoms with Gasteiger partial charge in [0.1, 0.15) is 0 Å². The first kappa shape index (κ1) is 46.4. The minimum absolute atomic E-state index is 0.000989. The van der Waals surface area contributed by atoms with E-state index in [9.17, 15) is 9.59 Å². The van der Waals surface area contributed by atoms with Gasteiger partial charge in [0.05, 0.1) is 0 Å². The monoisotopic (exact) mass is 731 g/mol. The van der Waals surface area contributed by atoms with E-state index >= 15 is 0 Å². The molecule has 0 atom stereocenters. The third kappa shape index (κ3) is 18.0. The summed E-state index contributed by atoms with van der Waals surface area (Å²) in [5.74, 6) is -0.00776. The second kappa shape index (κ2) is 25.3. The lowest BCUT2D eigenvalue weighted by Gasteiger charge is -2.20. The van der Waals surface area contributed by atoms with Crippen LogP contribution in [-0.2, 0) is 0 Å². The normalized spacial score (nSPS) is 15.4. The highest BCUT2D eigenvalue weighted by molar-refractivity contribution is 6.27. The van der Waals surface area contributed by atoms with Gasteiger partial charge in [-0.2, -0.15) is 0 Å². The van der Waals surface area contributed by atoms with Crippen molar-refractivity contribution in [2.24, 2.45) is 0 Å². The van der Waals surface area contributed by atoms with Gasteiger partial charge in [-0.3, -0.25) is 9.59 Å². The van der Waals surface area contributed by atoms with Gasteiger partial charge in [0.15, 0.2) is 11.6 Å². The van der Waals surface area contributed by atoms with Crippen LogP contribution < -0.4 is 0 Å². The molecule has 0 radical (unpaired) electrons. The lowest BCUT2D eigenvalue weighted by Crippen LogP contribution is -2.21. The van der Waals surface area contributed by atoms with Crippen LogP contribution in [0.3, 0.4) is 0 Å². The van der Waals surface area contributed by atoms with Crippen molar-refractivity contribution in [3.8, 4) is 0 Å². The number of carbonyl (C=O) groups is 2. The van der Waals surface area contributed by atoms with Crippen LogP contribution in [0.2, 0.25) is 0 Å². The van der Waals surface area contributed by atoms with Crippen molar-refractivity contribution < 1.29 is 9.59 Å². The number of benzene rings is 1. The molecule has 54 heavy (non-hydrogen) atoms. The molecule has 0 N–H and O–H groups in total. The van der Waals surface area contributed by atoms with Crippen molar-refractivity contribution in [2.45, 2.75) is 172 Å². The molecule has 0 saturated heterocycles. The summed E-state index contributed by atoms with van der Waals surface area (Å²) >= 11 is 0. The topological polar surface area (TPSA) is 34.1 Å². The van der Waals surface area contributed by atoms with Crippen LogP contribution in [-0.4, -0.2) is 11.6 Å². The van der Waals surface area contributed by atoms with E-state index in [-0.39, 0.29) is 11.6 Å². The summed E-state index contributed by atoms with van der Waals surface area (Å²) < 4.78 is 0. The van der Waals surface area contributed by atoms with Crippen LogP contribution in [0.1, 0.15) is 192 Å². The summed E-state index contributed by atoms with van der Waals surface area (Å²) in [6.07, 6.45) is 35.1. The Morgan fingerprint density at radius 2 is 0.778 bits per heavy atom. The highest BCUT2D eigenvalue weighted by atomic mass is 16.1. The molecular formula is C52H74O2. The van der Waals surface area contributed by atoms with Crippen molar-refractivity contribution in [1.29, 1.82) is 0 Å². The van der Waals surface area contributed by atoms with Crippen LogP contribution in [0.15, 0.2) is 123 Å². The van der Waals surface area contributed by atoms with Gasteiger partial charge in [-0.25, -0.2) is 0 Å². The molecule has 0 heterocycles. The lowest BCUT2D eigenvalue weighted by molar-refractivity contribution is 0.0972. The highest BCUT2D eigenvalue weighted by Gasteiger charge is 2.30. The molecule has 0 unspecified atom stereocenters. The quantitative estimate of drug-likeness (QED) is 0.105. The van der Waals surface area contributed by atoms with Gasteiger partial charge in [0.2, 0.25) is 0 Å². The standard InChI is InChI=1S/C52H74O2/c1-38(2)20-12-21-39(3)22-13-23-40(4)24-14-25-41(5)26-15-27-42(6)28-16-29-43(7)30-17-31-44(8)32-18-33-45(9)36-37-48-47(11)51(53)50-46(10)34-19-35-49(50)52(48)54/h19-20,22,24,26,28,30,32,34-36H,12-18,21,23,25,27,29,31,33,37H2,1-11H3. The second-order valence-corrected chi connectivity index (χ2v) is 16.4. The number of hydrogen-bond acceptors (Lipinski definition) is 2. The fourth-order valence-corrected chi connectivity index (χ4v) is 6.92. The predicted octanol–water partition coefficient (Wildman–Crippen LogP) is 16.1. The average molecular weight is 731 g/mol. The number of fused-ring (bicyclic) bond motifs is 1. The Kier molecular flexibility index (Phi) is 21.8. The molecule has 1 aliphatic carbocycles. The van der Waals surface area contributed by atoms with Gasteiger partial charge >= 0.3 is 0 Å². The molecule has 2 rings (SSSR count). The van der Waals surface area contributed by atoms with Gasteiger partial charge in [-0.05, 0) is 178 Å². The van der Waals surface area contributed by atoms with Gasteiger partial charge in [0, 0.05) is 22.3 Å². The van der Waals surface area contributed by atoms with Crippen molar-refractivity contribution >= 4 is 11.6 Å². The smallest absolute Gasteiger partial charge is 0.190 e. The van der Waals surface area contributed by atoms with E-state index in [1.165, 1.54) is 57.4 Å². The van der Waals surface area contributed by atoms with Crippen molar-refractivity contribution in [3.05, 3.63) is 139 Å². The SMILES string of the molecule is CC(C)=CCCC(C)=CCCC(C)=CCCC(C)=CCCC(C)=CCCC(C)=CCCC(C)=CCCC(C)=CCC1=C(C)C(=O)c2c(C)cccc2C1=O. The largest absolute Gasteiger partial charge is 0.289 e. The molecule has 0 spiro atoms. The second-order valence-electron chi connectivity index (χ2n) is 16.4. The zero-order chi connectivity index (χ0) is 40.0. The Hall–Kier alpha value is -3.78. The predicted molar refractivity (Wildman–Crippen MR) is 238 cm³/mol. The molecule has 2 nitrogen and oxygen atoms in total. The summed E-state index contributed by atoms with van der Waals surface area (Å²) in [5.41, 5.74) is 14.9. The maximum absolute atomic E-state index is 13.2. The van der Waals surface area contributed by atoms with Crippen LogP contribution in [0.4, 0.5) is 0 Å². The van der Waals surface area contributed by atoms with Crippen LogP contribution in [0.25, 0.3) is 0 Å². The van der Waals surface area contributed by atoms with E-state index in [0.29, 0.717) is 28.7 Å². The number of Topliss-reactive ketones (excluding diaryl/α,β-unsaturated/α-hetero) is 2. The first-order valence-corrected chi connectivity index (χ1v) is 20.8. The van der Waals surface area contributed by atoms with Crippen LogP contribution in [0, 0.1) is 6.92 Å². The molecule has 0 aliphatic heterocycles. The fourth-order valence-electron chi connectivity index (χ4n) is 6.92. The molecule has 0 aromatic heterocycles. The van der Waals surface area contributed by atoms with E-state index in [1.54, 1.807) is 13.0 Å². The zero-order valence-electron chi connectivity index (χ0n) is 36.3. The Morgan fingerprint density at radius 3 is 1.13 bits per heavy atom. The summed E-state index contributed by atoms with van der Waals surface area (Å²) in [7, 11) is 0. The number of ketones is 2. The fraction of sp³-hybridized carbons (Fsp3) is 0.500. The Morgan fingerprint density at radius 1 is 0.444 bits per heavy atom. The average Bonchev–Trinajstić information content (AvgIpc) is 3.10. The number of aryl methyl sites for hydroxylation is 1. The van der Waals surface area contributed by atoms with Crippen LogP contribution >= 0.6 is 0 Å². The molecule has 0 saturated carbocycles.